The molecule has 0 amide bonds. The molecule has 2 aromatic carbocycles. The molecule has 34 heavy (non-hydrogen) atoms. The summed E-state index contributed by atoms with van der Waals surface area (Å²) in [7, 11) is 2.97. The molecule has 12 nitrogen and oxygen atoms in total. The van der Waals surface area contributed by atoms with Gasteiger partial charge in [-0.25, -0.2) is 9.48 Å². The van der Waals surface area contributed by atoms with E-state index in [2.05, 4.69) is 10.3 Å². The molecule has 1 N–H and O–H groups in total. The number of hydrogen-bond acceptors (Lipinski definition) is 10. The molecule has 0 aliphatic heterocycles. The van der Waals surface area contributed by atoms with Crippen molar-refractivity contribution in [3.05, 3.63) is 75.1 Å². The van der Waals surface area contributed by atoms with Gasteiger partial charge in [-0.3, -0.25) is 10.1 Å². The summed E-state index contributed by atoms with van der Waals surface area (Å²) < 4.78 is 21.6. The molecule has 0 aliphatic carbocycles. The number of esters is 1. The summed E-state index contributed by atoms with van der Waals surface area (Å²) in [5, 5.41) is 30.7. The summed E-state index contributed by atoms with van der Waals surface area (Å²) in [5.41, 5.74) is 0.000129. The molecule has 0 saturated carbocycles. The summed E-state index contributed by atoms with van der Waals surface area (Å²) in [6.07, 6.45) is -1.62. The molecule has 0 spiro atoms. The molecule has 1 unspecified atom stereocenters. The van der Waals surface area contributed by atoms with Crippen molar-refractivity contribution in [2.45, 2.75) is 19.6 Å². The van der Waals surface area contributed by atoms with E-state index in [4.69, 9.17) is 18.9 Å². The number of rotatable bonds is 11. The van der Waals surface area contributed by atoms with Gasteiger partial charge in [0.1, 0.15) is 23.3 Å². The lowest BCUT2D eigenvalue weighted by Gasteiger charge is -2.13. The van der Waals surface area contributed by atoms with Gasteiger partial charge in [0, 0.05) is 7.11 Å². The van der Waals surface area contributed by atoms with Crippen molar-refractivity contribution in [2.24, 2.45) is 0 Å². The number of aliphatic hydroxyl groups excluding tert-OH is 1. The number of ether oxygens (including phenoxy) is 4. The smallest absolute Gasteiger partial charge is 0.358 e. The minimum Gasteiger partial charge on any atom is -0.497 e. The van der Waals surface area contributed by atoms with E-state index in [1.807, 2.05) is 0 Å². The first-order valence-corrected chi connectivity index (χ1v) is 10.2. The summed E-state index contributed by atoms with van der Waals surface area (Å²) in [6, 6.07) is 11.0. The molecule has 1 aromatic heterocycles. The van der Waals surface area contributed by atoms with Crippen molar-refractivity contribution in [3.63, 3.8) is 0 Å². The Morgan fingerprint density at radius 1 is 1.18 bits per heavy atom. The highest BCUT2D eigenvalue weighted by Crippen LogP contribution is 2.33. The SMILES string of the molecule is CCOC(=O)c1c(C(O)c2ccc(OCOC)cc2[N+](=O)[O-])nnn1Cc1ccc(OC)cc1. The second kappa shape index (κ2) is 11.2. The summed E-state index contributed by atoms with van der Waals surface area (Å²) >= 11 is 0. The van der Waals surface area contributed by atoms with Crippen molar-refractivity contribution in [2.75, 3.05) is 27.6 Å². The Kier molecular flexibility index (Phi) is 8.11. The first-order valence-electron chi connectivity index (χ1n) is 10.2. The Morgan fingerprint density at radius 3 is 2.50 bits per heavy atom. The van der Waals surface area contributed by atoms with Gasteiger partial charge in [0.05, 0.1) is 36.8 Å². The fourth-order valence-corrected chi connectivity index (χ4v) is 3.21. The van der Waals surface area contributed by atoms with E-state index in [1.54, 1.807) is 38.3 Å². The highest BCUT2D eigenvalue weighted by atomic mass is 16.7. The van der Waals surface area contributed by atoms with E-state index in [0.29, 0.717) is 5.75 Å². The van der Waals surface area contributed by atoms with Crippen LogP contribution in [-0.4, -0.2) is 58.6 Å². The maximum atomic E-state index is 12.7. The molecular formula is C22H24N4O8. The fourth-order valence-electron chi connectivity index (χ4n) is 3.21. The molecule has 0 radical (unpaired) electrons. The fraction of sp³-hybridized carbons (Fsp3) is 0.318. The molecule has 0 bridgehead atoms. The minimum atomic E-state index is -1.62. The Morgan fingerprint density at radius 2 is 1.88 bits per heavy atom. The lowest BCUT2D eigenvalue weighted by atomic mass is 10.0. The molecule has 0 saturated heterocycles. The van der Waals surface area contributed by atoms with Gasteiger partial charge in [0.25, 0.3) is 5.69 Å². The standard InChI is InChI=1S/C22H24N4O8/c1-4-33-22(28)20-19(23-24-25(20)12-14-5-7-15(32-3)8-6-14)21(27)17-10-9-16(34-13-31-2)11-18(17)26(29)30/h5-11,21,27H,4,12-13H2,1-3H3. The van der Waals surface area contributed by atoms with Crippen molar-refractivity contribution < 1.29 is 33.8 Å². The number of methoxy groups -OCH3 is 2. The van der Waals surface area contributed by atoms with Crippen LogP contribution in [0.5, 0.6) is 11.5 Å². The molecule has 1 atom stereocenters. The second-order valence-corrected chi connectivity index (χ2v) is 6.98. The van der Waals surface area contributed by atoms with Crippen LogP contribution < -0.4 is 9.47 Å². The molecule has 3 aromatic rings. The first kappa shape index (κ1) is 24.6. The number of carbonyl (C=O) groups is 1. The van der Waals surface area contributed by atoms with Crippen LogP contribution in [0.3, 0.4) is 0 Å². The van der Waals surface area contributed by atoms with Crippen molar-refractivity contribution in [1.29, 1.82) is 0 Å². The van der Waals surface area contributed by atoms with Crippen molar-refractivity contribution >= 4 is 11.7 Å². The number of carbonyl (C=O) groups excluding carboxylic acids is 1. The van der Waals surface area contributed by atoms with Gasteiger partial charge in [0.2, 0.25) is 0 Å². The monoisotopic (exact) mass is 472 g/mol. The topological polar surface area (TPSA) is 148 Å². The summed E-state index contributed by atoms with van der Waals surface area (Å²) in [4.78, 5) is 23.7. The van der Waals surface area contributed by atoms with E-state index < -0.39 is 22.7 Å². The van der Waals surface area contributed by atoms with Crippen molar-refractivity contribution in [1.82, 2.24) is 15.0 Å². The maximum Gasteiger partial charge on any atom is 0.358 e. The van der Waals surface area contributed by atoms with Crippen LogP contribution in [0.1, 0.15) is 40.3 Å². The zero-order chi connectivity index (χ0) is 24.7. The third kappa shape index (κ3) is 5.47. The van der Waals surface area contributed by atoms with Crippen LogP contribution in [-0.2, 0) is 16.0 Å². The number of hydrogen-bond donors (Lipinski definition) is 1. The molecular weight excluding hydrogens is 448 g/mol. The van der Waals surface area contributed by atoms with E-state index in [1.165, 1.54) is 23.9 Å². The normalized spacial score (nSPS) is 11.6. The number of aliphatic hydroxyl groups is 1. The van der Waals surface area contributed by atoms with Crippen LogP contribution in [0, 0.1) is 10.1 Å². The predicted octanol–water partition coefficient (Wildman–Crippen LogP) is 2.48. The highest BCUT2D eigenvalue weighted by Gasteiger charge is 2.31. The highest BCUT2D eigenvalue weighted by molar-refractivity contribution is 5.89. The van der Waals surface area contributed by atoms with Gasteiger partial charge in [-0.1, -0.05) is 17.3 Å². The molecule has 1 heterocycles. The maximum absolute atomic E-state index is 12.7. The zero-order valence-electron chi connectivity index (χ0n) is 18.8. The Balaban J connectivity index is 2.01. The first-order chi connectivity index (χ1) is 16.4. The van der Waals surface area contributed by atoms with E-state index >= 15 is 0 Å². The molecule has 0 aliphatic rings. The van der Waals surface area contributed by atoms with Crippen molar-refractivity contribution in [3.8, 4) is 11.5 Å². The van der Waals surface area contributed by atoms with Gasteiger partial charge in [-0.05, 0) is 36.8 Å². The van der Waals surface area contributed by atoms with Crippen LogP contribution in [0.25, 0.3) is 0 Å². The molecule has 180 valence electrons. The number of aromatic nitrogens is 3. The molecule has 12 heteroatoms. The van der Waals surface area contributed by atoms with Crippen LogP contribution in [0.4, 0.5) is 5.69 Å². The van der Waals surface area contributed by atoms with Crippen LogP contribution >= 0.6 is 0 Å². The van der Waals surface area contributed by atoms with Gasteiger partial charge in [-0.15, -0.1) is 5.10 Å². The quantitative estimate of drug-likeness (QED) is 0.191. The van der Waals surface area contributed by atoms with E-state index in [-0.39, 0.29) is 42.6 Å². The number of benzene rings is 2. The lowest BCUT2D eigenvalue weighted by molar-refractivity contribution is -0.386. The Labute approximate surface area is 194 Å². The van der Waals surface area contributed by atoms with Crippen LogP contribution in [0.2, 0.25) is 0 Å². The number of nitro groups is 1. The second-order valence-electron chi connectivity index (χ2n) is 6.98. The molecule has 3 rings (SSSR count). The summed E-state index contributed by atoms with van der Waals surface area (Å²) in [5.74, 6) is 0.0744. The van der Waals surface area contributed by atoms with Crippen LogP contribution in [0.15, 0.2) is 42.5 Å². The van der Waals surface area contributed by atoms with Gasteiger partial charge >= 0.3 is 5.97 Å². The van der Waals surface area contributed by atoms with E-state index in [0.717, 1.165) is 11.6 Å². The largest absolute Gasteiger partial charge is 0.497 e. The summed E-state index contributed by atoms with van der Waals surface area (Å²) in [6.45, 7) is 1.75. The Bertz CT molecular complexity index is 1150. The number of nitrogens with zero attached hydrogens (tertiary/aromatic N) is 4. The average molecular weight is 472 g/mol. The average Bonchev–Trinajstić information content (AvgIpc) is 3.26. The third-order valence-electron chi connectivity index (χ3n) is 4.82. The van der Waals surface area contributed by atoms with Gasteiger partial charge in [0.15, 0.2) is 12.5 Å². The number of nitro benzene ring substituents is 1. The van der Waals surface area contributed by atoms with Gasteiger partial charge in [-0.2, -0.15) is 0 Å². The zero-order valence-corrected chi connectivity index (χ0v) is 18.8. The molecule has 0 fully saturated rings. The predicted molar refractivity (Wildman–Crippen MR) is 118 cm³/mol. The third-order valence-corrected chi connectivity index (χ3v) is 4.82. The van der Waals surface area contributed by atoms with Gasteiger partial charge < -0.3 is 24.1 Å². The minimum absolute atomic E-state index is 0.0772. The Hall–Kier alpha value is -4.03. The lowest BCUT2D eigenvalue weighted by Crippen LogP contribution is -2.17. The van der Waals surface area contributed by atoms with E-state index in [9.17, 15) is 20.0 Å².